The molecule has 0 heterocycles. The van der Waals surface area contributed by atoms with Crippen molar-refractivity contribution in [2.45, 2.75) is 58.4 Å². The third-order valence-corrected chi connectivity index (χ3v) is 3.41. The Morgan fingerprint density at radius 1 is 1.44 bits per heavy atom. The highest BCUT2D eigenvalue weighted by Crippen LogP contribution is 2.32. The highest BCUT2D eigenvalue weighted by molar-refractivity contribution is 5.76. The molecule has 1 fully saturated rings. The highest BCUT2D eigenvalue weighted by atomic mass is 16.5. The largest absolute Gasteiger partial charge is 0.464 e. The lowest BCUT2D eigenvalue weighted by Gasteiger charge is -2.16. The summed E-state index contributed by atoms with van der Waals surface area (Å²) in [6.45, 7) is 4.88. The number of hydrogen-bond donors (Lipinski definition) is 1. The lowest BCUT2D eigenvalue weighted by molar-refractivity contribution is -0.147. The lowest BCUT2D eigenvalue weighted by Crippen LogP contribution is -2.35. The summed E-state index contributed by atoms with van der Waals surface area (Å²) in [5.41, 5.74) is 5.78. The molecule has 0 radical (unpaired) electrons. The standard InChI is InChI=1S/C13H25NO2/c1-3-5-6-10(4-2)9-16-13(15)12(14)11-7-8-11/h10-12H,3-9,14H2,1-2H3. The second-order valence-corrected chi connectivity index (χ2v) is 4.91. The molecule has 1 rings (SSSR count). The maximum absolute atomic E-state index is 11.6. The third kappa shape index (κ3) is 4.52. The number of carbonyl (C=O) groups is 1. The van der Waals surface area contributed by atoms with Gasteiger partial charge in [0.25, 0.3) is 0 Å². The fraction of sp³-hybridized carbons (Fsp3) is 0.923. The molecule has 0 aromatic rings. The first-order chi connectivity index (χ1) is 7.69. The van der Waals surface area contributed by atoms with E-state index in [2.05, 4.69) is 13.8 Å². The summed E-state index contributed by atoms with van der Waals surface area (Å²) in [5.74, 6) is 0.705. The van der Waals surface area contributed by atoms with Gasteiger partial charge in [0, 0.05) is 0 Å². The number of carbonyl (C=O) groups excluding carboxylic acids is 1. The van der Waals surface area contributed by atoms with Crippen LogP contribution in [0.25, 0.3) is 0 Å². The zero-order valence-electron chi connectivity index (χ0n) is 10.6. The second-order valence-electron chi connectivity index (χ2n) is 4.91. The fourth-order valence-corrected chi connectivity index (χ4v) is 1.84. The molecule has 94 valence electrons. The van der Waals surface area contributed by atoms with Gasteiger partial charge in [-0.25, -0.2) is 0 Å². The minimum atomic E-state index is -0.372. The van der Waals surface area contributed by atoms with E-state index in [0.29, 0.717) is 18.4 Å². The van der Waals surface area contributed by atoms with E-state index < -0.39 is 0 Å². The first-order valence-electron chi connectivity index (χ1n) is 6.61. The van der Waals surface area contributed by atoms with Gasteiger partial charge in [-0.15, -0.1) is 0 Å². The van der Waals surface area contributed by atoms with Crippen molar-refractivity contribution < 1.29 is 9.53 Å². The monoisotopic (exact) mass is 227 g/mol. The van der Waals surface area contributed by atoms with Crippen molar-refractivity contribution in [1.29, 1.82) is 0 Å². The van der Waals surface area contributed by atoms with E-state index in [1.54, 1.807) is 0 Å². The summed E-state index contributed by atoms with van der Waals surface area (Å²) < 4.78 is 5.29. The Hall–Kier alpha value is -0.570. The van der Waals surface area contributed by atoms with Crippen LogP contribution in [0.5, 0.6) is 0 Å². The molecule has 3 nitrogen and oxygen atoms in total. The van der Waals surface area contributed by atoms with Crippen LogP contribution in [-0.4, -0.2) is 18.6 Å². The zero-order chi connectivity index (χ0) is 12.0. The van der Waals surface area contributed by atoms with E-state index in [1.165, 1.54) is 12.8 Å². The molecule has 16 heavy (non-hydrogen) atoms. The van der Waals surface area contributed by atoms with Crippen molar-refractivity contribution >= 4 is 5.97 Å². The molecule has 1 aliphatic carbocycles. The van der Waals surface area contributed by atoms with E-state index >= 15 is 0 Å². The predicted octanol–water partition coefficient (Wildman–Crippen LogP) is 2.48. The summed E-state index contributed by atoms with van der Waals surface area (Å²) in [4.78, 5) is 11.6. The fourth-order valence-electron chi connectivity index (χ4n) is 1.84. The van der Waals surface area contributed by atoms with Gasteiger partial charge in [-0.1, -0.05) is 33.1 Å². The van der Waals surface area contributed by atoms with Gasteiger partial charge in [-0.05, 0) is 31.1 Å². The van der Waals surface area contributed by atoms with Crippen LogP contribution in [0.15, 0.2) is 0 Å². The lowest BCUT2D eigenvalue weighted by atomic mass is 10.0. The van der Waals surface area contributed by atoms with Crippen molar-refractivity contribution in [3.8, 4) is 0 Å². The summed E-state index contributed by atoms with van der Waals surface area (Å²) >= 11 is 0. The minimum absolute atomic E-state index is 0.197. The van der Waals surface area contributed by atoms with E-state index in [-0.39, 0.29) is 12.0 Å². The summed E-state index contributed by atoms with van der Waals surface area (Å²) in [5, 5.41) is 0. The van der Waals surface area contributed by atoms with Gasteiger partial charge in [0.1, 0.15) is 6.04 Å². The average Bonchev–Trinajstić information content (AvgIpc) is 3.12. The van der Waals surface area contributed by atoms with Gasteiger partial charge in [0.15, 0.2) is 0 Å². The second kappa shape index (κ2) is 6.89. The van der Waals surface area contributed by atoms with Crippen LogP contribution in [0.4, 0.5) is 0 Å². The molecule has 3 heteroatoms. The van der Waals surface area contributed by atoms with Crippen molar-refractivity contribution in [1.82, 2.24) is 0 Å². The molecule has 0 amide bonds. The summed E-state index contributed by atoms with van der Waals surface area (Å²) in [6.07, 6.45) is 6.81. The van der Waals surface area contributed by atoms with Crippen molar-refractivity contribution in [3.05, 3.63) is 0 Å². The smallest absolute Gasteiger partial charge is 0.323 e. The number of hydrogen-bond acceptors (Lipinski definition) is 3. The molecule has 0 aliphatic heterocycles. The van der Waals surface area contributed by atoms with Crippen LogP contribution < -0.4 is 5.73 Å². The quantitative estimate of drug-likeness (QED) is 0.648. The maximum atomic E-state index is 11.6. The van der Waals surface area contributed by atoms with Gasteiger partial charge < -0.3 is 10.5 Å². The summed E-state index contributed by atoms with van der Waals surface area (Å²) in [6, 6.07) is -0.372. The van der Waals surface area contributed by atoms with Gasteiger partial charge in [-0.2, -0.15) is 0 Å². The average molecular weight is 227 g/mol. The Balaban J connectivity index is 2.17. The van der Waals surface area contributed by atoms with Crippen LogP contribution in [0.3, 0.4) is 0 Å². The molecule has 2 unspecified atom stereocenters. The number of rotatable bonds is 8. The zero-order valence-corrected chi connectivity index (χ0v) is 10.6. The van der Waals surface area contributed by atoms with Gasteiger partial charge in [0.05, 0.1) is 6.61 Å². The van der Waals surface area contributed by atoms with Crippen LogP contribution in [-0.2, 0) is 9.53 Å². The Kier molecular flexibility index (Phi) is 5.81. The normalized spacial score (nSPS) is 19.2. The van der Waals surface area contributed by atoms with Crippen molar-refractivity contribution in [2.75, 3.05) is 6.61 Å². The van der Waals surface area contributed by atoms with Crippen LogP contribution >= 0.6 is 0 Å². The Bertz CT molecular complexity index is 214. The summed E-state index contributed by atoms with van der Waals surface area (Å²) in [7, 11) is 0. The van der Waals surface area contributed by atoms with Crippen molar-refractivity contribution in [2.24, 2.45) is 17.6 Å². The Labute approximate surface area is 98.7 Å². The van der Waals surface area contributed by atoms with E-state index in [1.807, 2.05) is 0 Å². The molecule has 1 aliphatic rings. The topological polar surface area (TPSA) is 52.3 Å². The van der Waals surface area contributed by atoms with Crippen molar-refractivity contribution in [3.63, 3.8) is 0 Å². The SMILES string of the molecule is CCCCC(CC)COC(=O)C(N)C1CC1. The van der Waals surface area contributed by atoms with Gasteiger partial charge in [-0.3, -0.25) is 4.79 Å². The number of ether oxygens (including phenoxy) is 1. The first-order valence-corrected chi connectivity index (χ1v) is 6.61. The maximum Gasteiger partial charge on any atom is 0.323 e. The molecule has 0 aromatic carbocycles. The number of nitrogens with two attached hydrogens (primary N) is 1. The van der Waals surface area contributed by atoms with Gasteiger partial charge >= 0.3 is 5.97 Å². The number of unbranched alkanes of at least 4 members (excludes halogenated alkanes) is 1. The van der Waals surface area contributed by atoms with Crippen LogP contribution in [0.1, 0.15) is 52.4 Å². The minimum Gasteiger partial charge on any atom is -0.464 e. The predicted molar refractivity (Wildman–Crippen MR) is 65.0 cm³/mol. The molecule has 2 atom stereocenters. The van der Waals surface area contributed by atoms with E-state index in [0.717, 1.165) is 25.7 Å². The molecule has 0 saturated heterocycles. The molecule has 0 aromatic heterocycles. The number of esters is 1. The van der Waals surface area contributed by atoms with Gasteiger partial charge in [0.2, 0.25) is 0 Å². The molecule has 1 saturated carbocycles. The molecule has 0 bridgehead atoms. The molecular formula is C13H25NO2. The third-order valence-electron chi connectivity index (χ3n) is 3.41. The molecule has 0 spiro atoms. The Morgan fingerprint density at radius 2 is 2.12 bits per heavy atom. The van der Waals surface area contributed by atoms with Crippen LogP contribution in [0.2, 0.25) is 0 Å². The first kappa shape index (κ1) is 13.5. The van der Waals surface area contributed by atoms with Crippen LogP contribution in [0, 0.1) is 11.8 Å². The molecular weight excluding hydrogens is 202 g/mol. The molecule has 2 N–H and O–H groups in total. The highest BCUT2D eigenvalue weighted by Gasteiger charge is 2.34. The van der Waals surface area contributed by atoms with E-state index in [4.69, 9.17) is 10.5 Å². The Morgan fingerprint density at radius 3 is 2.62 bits per heavy atom. The van der Waals surface area contributed by atoms with E-state index in [9.17, 15) is 4.79 Å².